The zero-order chi connectivity index (χ0) is 31.9. The Labute approximate surface area is 270 Å². The van der Waals surface area contributed by atoms with Crippen LogP contribution >= 0.6 is 0 Å². The van der Waals surface area contributed by atoms with E-state index in [0.717, 1.165) is 47.8 Å². The number of aryl methyl sites for hydroxylation is 1. The first kappa shape index (κ1) is 31.0. The number of aromatic nitrogens is 1. The molecule has 1 atom stereocenters. The molecule has 5 aromatic rings. The molecule has 2 heterocycles. The van der Waals surface area contributed by atoms with Crippen molar-refractivity contribution in [1.29, 1.82) is 0 Å². The van der Waals surface area contributed by atoms with Gasteiger partial charge in [-0.2, -0.15) is 0 Å². The maximum Gasteiger partial charge on any atom is 0.256 e. The molecule has 0 bridgehead atoms. The molecule has 0 spiro atoms. The van der Waals surface area contributed by atoms with Gasteiger partial charge in [0, 0.05) is 55.7 Å². The Balaban J connectivity index is 1.33. The van der Waals surface area contributed by atoms with E-state index in [-0.39, 0.29) is 31.0 Å². The third-order valence-electron chi connectivity index (χ3n) is 8.64. The number of carbonyl (C=O) groups excluding carboxylic acids is 2. The second kappa shape index (κ2) is 14.4. The highest BCUT2D eigenvalue weighted by Gasteiger charge is 2.34. The van der Waals surface area contributed by atoms with E-state index in [9.17, 15) is 9.59 Å². The summed E-state index contributed by atoms with van der Waals surface area (Å²) in [6.45, 7) is 5.12. The number of carbonyl (C=O) groups is 2. The maximum absolute atomic E-state index is 14.7. The predicted molar refractivity (Wildman–Crippen MR) is 182 cm³/mol. The third kappa shape index (κ3) is 6.96. The van der Waals surface area contributed by atoms with Crippen LogP contribution in [0.25, 0.3) is 16.9 Å². The minimum Gasteiger partial charge on any atom is -0.395 e. The highest BCUT2D eigenvalue weighted by Crippen LogP contribution is 2.33. The molecule has 2 amide bonds. The number of piperazine rings is 1. The maximum atomic E-state index is 14.7. The molecule has 0 saturated carbocycles. The fraction of sp³-hybridized carbons (Fsp3) is 0.231. The van der Waals surface area contributed by atoms with Gasteiger partial charge in [0.2, 0.25) is 0 Å². The van der Waals surface area contributed by atoms with E-state index < -0.39 is 0 Å². The van der Waals surface area contributed by atoms with Gasteiger partial charge in [-0.15, -0.1) is 0 Å². The fourth-order valence-corrected chi connectivity index (χ4v) is 6.43. The number of para-hydroxylation sites is 1. The van der Waals surface area contributed by atoms with Crippen LogP contribution in [-0.2, 0) is 13.0 Å². The average Bonchev–Trinajstić information content (AvgIpc) is 3.45. The van der Waals surface area contributed by atoms with Gasteiger partial charge >= 0.3 is 0 Å². The highest BCUT2D eigenvalue weighted by atomic mass is 16.3. The molecule has 1 unspecified atom stereocenters. The highest BCUT2D eigenvalue weighted by molar-refractivity contribution is 6.01. The Bertz CT molecular complexity index is 1750. The van der Waals surface area contributed by atoms with Gasteiger partial charge in [0.15, 0.2) is 0 Å². The standard InChI is InChI=1S/C39H40N4O3/c1-29-25-36(37(32-13-7-3-8-14-32)43(29)34-15-9-4-10-16-34)39(46)42-23-22-41(27-31-11-5-2-6-12-31)28-35(42)26-30-17-19-33(20-18-30)38(45)40-21-24-44/h2-20,25,35,44H,21-24,26-28H2,1H3,(H,40,45). The zero-order valence-electron chi connectivity index (χ0n) is 26.2. The van der Waals surface area contributed by atoms with Gasteiger partial charge in [-0.3, -0.25) is 14.5 Å². The number of hydrogen-bond acceptors (Lipinski definition) is 4. The van der Waals surface area contributed by atoms with Crippen LogP contribution in [0, 0.1) is 6.92 Å². The molecule has 4 aromatic carbocycles. The Morgan fingerprint density at radius 3 is 2.13 bits per heavy atom. The van der Waals surface area contributed by atoms with Crippen LogP contribution in [0.5, 0.6) is 0 Å². The number of aliphatic hydroxyl groups excluding tert-OH is 1. The van der Waals surface area contributed by atoms with Crippen LogP contribution in [0.15, 0.2) is 121 Å². The molecular weight excluding hydrogens is 572 g/mol. The molecule has 1 aliphatic rings. The van der Waals surface area contributed by atoms with Crippen LogP contribution in [0.1, 0.15) is 37.5 Å². The van der Waals surface area contributed by atoms with Crippen molar-refractivity contribution in [2.24, 2.45) is 0 Å². The van der Waals surface area contributed by atoms with Crippen LogP contribution < -0.4 is 5.32 Å². The molecule has 1 aliphatic heterocycles. The molecular formula is C39H40N4O3. The van der Waals surface area contributed by atoms with Crippen molar-refractivity contribution < 1.29 is 14.7 Å². The topological polar surface area (TPSA) is 77.8 Å². The first-order chi connectivity index (χ1) is 22.5. The van der Waals surface area contributed by atoms with Gasteiger partial charge in [-0.1, -0.05) is 91.0 Å². The molecule has 6 rings (SSSR count). The first-order valence-corrected chi connectivity index (χ1v) is 15.9. The number of nitrogens with zero attached hydrogens (tertiary/aromatic N) is 3. The fourth-order valence-electron chi connectivity index (χ4n) is 6.43. The summed E-state index contributed by atoms with van der Waals surface area (Å²) >= 11 is 0. The molecule has 1 saturated heterocycles. The number of aliphatic hydroxyl groups is 1. The monoisotopic (exact) mass is 612 g/mol. The number of benzene rings is 4. The summed E-state index contributed by atoms with van der Waals surface area (Å²) in [5, 5.41) is 11.8. The van der Waals surface area contributed by atoms with Gasteiger partial charge < -0.3 is 19.9 Å². The van der Waals surface area contributed by atoms with Crippen LogP contribution in [0.3, 0.4) is 0 Å². The van der Waals surface area contributed by atoms with Gasteiger partial charge in [-0.25, -0.2) is 0 Å². The van der Waals surface area contributed by atoms with Crippen molar-refractivity contribution >= 4 is 11.8 Å². The van der Waals surface area contributed by atoms with E-state index in [0.29, 0.717) is 24.1 Å². The minimum atomic E-state index is -0.212. The second-order valence-corrected chi connectivity index (χ2v) is 11.8. The Morgan fingerprint density at radius 1 is 0.804 bits per heavy atom. The van der Waals surface area contributed by atoms with Crippen molar-refractivity contribution in [3.63, 3.8) is 0 Å². The summed E-state index contributed by atoms with van der Waals surface area (Å²) < 4.78 is 2.18. The lowest BCUT2D eigenvalue weighted by atomic mass is 9.98. The summed E-state index contributed by atoms with van der Waals surface area (Å²) in [5.41, 5.74) is 7.48. The average molecular weight is 613 g/mol. The molecule has 0 radical (unpaired) electrons. The number of nitrogens with one attached hydrogen (secondary N) is 1. The molecule has 234 valence electrons. The summed E-state index contributed by atoms with van der Waals surface area (Å²) in [7, 11) is 0. The number of hydrogen-bond donors (Lipinski definition) is 2. The molecule has 1 aromatic heterocycles. The van der Waals surface area contributed by atoms with Gasteiger partial charge in [0.25, 0.3) is 11.8 Å². The van der Waals surface area contributed by atoms with Crippen LogP contribution in [0.2, 0.25) is 0 Å². The first-order valence-electron chi connectivity index (χ1n) is 15.9. The lowest BCUT2D eigenvalue weighted by Crippen LogP contribution is -2.55. The second-order valence-electron chi connectivity index (χ2n) is 11.8. The van der Waals surface area contributed by atoms with Crippen molar-refractivity contribution in [2.45, 2.75) is 25.9 Å². The van der Waals surface area contributed by atoms with E-state index >= 15 is 0 Å². The lowest BCUT2D eigenvalue weighted by Gasteiger charge is -2.42. The molecule has 0 aliphatic carbocycles. The Hall–Kier alpha value is -4.98. The van der Waals surface area contributed by atoms with Crippen LogP contribution in [0.4, 0.5) is 0 Å². The summed E-state index contributed by atoms with van der Waals surface area (Å²) in [5.74, 6) is -0.183. The predicted octanol–water partition coefficient (Wildman–Crippen LogP) is 5.74. The van der Waals surface area contributed by atoms with Crippen molar-refractivity contribution in [1.82, 2.24) is 19.7 Å². The van der Waals surface area contributed by atoms with Crippen molar-refractivity contribution in [3.05, 3.63) is 149 Å². The quantitative estimate of drug-likeness (QED) is 0.211. The third-order valence-corrected chi connectivity index (χ3v) is 8.64. The van der Waals surface area contributed by atoms with E-state index in [4.69, 9.17) is 5.11 Å². The van der Waals surface area contributed by atoms with E-state index in [2.05, 4.69) is 75.1 Å². The van der Waals surface area contributed by atoms with Crippen molar-refractivity contribution in [3.8, 4) is 16.9 Å². The summed E-state index contributed by atoms with van der Waals surface area (Å²) in [6, 6.07) is 40.4. The van der Waals surface area contributed by atoms with E-state index in [1.54, 1.807) is 0 Å². The molecule has 7 nitrogen and oxygen atoms in total. The van der Waals surface area contributed by atoms with E-state index in [1.807, 2.05) is 72.8 Å². The van der Waals surface area contributed by atoms with Gasteiger partial charge in [0.05, 0.1) is 17.9 Å². The number of rotatable bonds is 10. The summed E-state index contributed by atoms with van der Waals surface area (Å²) in [4.78, 5) is 31.6. The zero-order valence-corrected chi connectivity index (χ0v) is 26.2. The van der Waals surface area contributed by atoms with Crippen LogP contribution in [-0.4, -0.2) is 70.1 Å². The molecule has 46 heavy (non-hydrogen) atoms. The molecule has 1 fully saturated rings. The normalized spacial score (nSPS) is 15.1. The molecule has 7 heteroatoms. The molecule has 2 N–H and O–H groups in total. The SMILES string of the molecule is Cc1cc(C(=O)N2CCN(Cc3ccccc3)CC2Cc2ccc(C(=O)NCCO)cc2)c(-c2ccccc2)n1-c1ccccc1. The largest absolute Gasteiger partial charge is 0.395 e. The van der Waals surface area contributed by atoms with Gasteiger partial charge in [-0.05, 0) is 60.4 Å². The smallest absolute Gasteiger partial charge is 0.256 e. The Morgan fingerprint density at radius 2 is 1.46 bits per heavy atom. The van der Waals surface area contributed by atoms with Gasteiger partial charge in [0.1, 0.15) is 0 Å². The minimum absolute atomic E-state index is 0.0287. The Kier molecular flexibility index (Phi) is 9.72. The lowest BCUT2D eigenvalue weighted by molar-refractivity contribution is 0.0439. The van der Waals surface area contributed by atoms with Crippen molar-refractivity contribution in [2.75, 3.05) is 32.8 Å². The summed E-state index contributed by atoms with van der Waals surface area (Å²) in [6.07, 6.45) is 0.661. The van der Waals surface area contributed by atoms with E-state index in [1.165, 1.54) is 5.56 Å². The number of amides is 2.